The van der Waals surface area contributed by atoms with E-state index in [0.717, 1.165) is 34.1 Å². The summed E-state index contributed by atoms with van der Waals surface area (Å²) < 4.78 is 10.8. The van der Waals surface area contributed by atoms with Crippen molar-refractivity contribution >= 4 is 45.4 Å². The number of benzene rings is 1. The zero-order valence-electron chi connectivity index (χ0n) is 15.8. The molecule has 152 valence electrons. The Morgan fingerprint density at radius 3 is 2.66 bits per heavy atom. The maximum atomic E-state index is 12.6. The molecule has 3 aromatic rings. The molecule has 5 nitrogen and oxygen atoms in total. The number of nitrogens with one attached hydrogen (secondary N) is 1. The minimum atomic E-state index is -0.277. The summed E-state index contributed by atoms with van der Waals surface area (Å²) in [6.07, 6.45) is 1.49. The largest absolute Gasteiger partial charge is 0.459 e. The van der Waals surface area contributed by atoms with Crippen LogP contribution in [0.4, 0.5) is 5.00 Å². The van der Waals surface area contributed by atoms with Crippen molar-refractivity contribution < 1.29 is 13.9 Å². The van der Waals surface area contributed by atoms with Crippen molar-refractivity contribution in [1.82, 2.24) is 4.90 Å². The third kappa shape index (κ3) is 4.52. The summed E-state index contributed by atoms with van der Waals surface area (Å²) in [6, 6.07) is 10.9. The van der Waals surface area contributed by atoms with E-state index < -0.39 is 0 Å². The number of nitrogens with zero attached hydrogens (tertiary/aromatic N) is 1. The van der Waals surface area contributed by atoms with E-state index >= 15 is 0 Å². The van der Waals surface area contributed by atoms with E-state index in [1.807, 2.05) is 19.1 Å². The smallest absolute Gasteiger partial charge is 0.291 e. The molecule has 1 fully saturated rings. The molecule has 1 amide bonds. The van der Waals surface area contributed by atoms with Crippen LogP contribution in [-0.2, 0) is 4.74 Å². The number of halogens is 2. The lowest BCUT2D eigenvalue weighted by Gasteiger charge is -2.35. The van der Waals surface area contributed by atoms with Gasteiger partial charge in [0.1, 0.15) is 5.00 Å². The highest BCUT2D eigenvalue weighted by atomic mass is 35.5. The highest BCUT2D eigenvalue weighted by molar-refractivity contribution is 7.16. The van der Waals surface area contributed by atoms with Crippen LogP contribution in [0, 0.1) is 6.92 Å². The van der Waals surface area contributed by atoms with Gasteiger partial charge in [0, 0.05) is 33.6 Å². The van der Waals surface area contributed by atoms with Crippen LogP contribution >= 0.6 is 34.5 Å². The highest BCUT2D eigenvalue weighted by Crippen LogP contribution is 2.42. The van der Waals surface area contributed by atoms with Gasteiger partial charge in [-0.3, -0.25) is 9.69 Å². The van der Waals surface area contributed by atoms with Crippen molar-refractivity contribution in [3.63, 3.8) is 0 Å². The normalized spacial score (nSPS) is 16.0. The van der Waals surface area contributed by atoms with Gasteiger partial charge in [-0.05, 0) is 42.8 Å². The average Bonchev–Trinajstić information content (AvgIpc) is 3.35. The quantitative estimate of drug-likeness (QED) is 0.546. The van der Waals surface area contributed by atoms with E-state index in [-0.39, 0.29) is 17.7 Å². The number of thiophene rings is 1. The van der Waals surface area contributed by atoms with Gasteiger partial charge in [0.2, 0.25) is 0 Å². The molecule has 0 saturated carbocycles. The first-order valence-corrected chi connectivity index (χ1v) is 10.8. The molecular formula is C21H20Cl2N2O3S. The van der Waals surface area contributed by atoms with E-state index in [2.05, 4.69) is 16.3 Å². The van der Waals surface area contributed by atoms with Gasteiger partial charge in [-0.2, -0.15) is 0 Å². The average molecular weight is 451 g/mol. The molecule has 0 spiro atoms. The van der Waals surface area contributed by atoms with Crippen LogP contribution < -0.4 is 5.32 Å². The summed E-state index contributed by atoms with van der Waals surface area (Å²) in [7, 11) is 0. The number of ether oxygens (including phenoxy) is 1. The number of furan rings is 1. The molecule has 1 atom stereocenters. The predicted octanol–water partition coefficient (Wildman–Crippen LogP) is 5.63. The van der Waals surface area contributed by atoms with Crippen LogP contribution in [0.2, 0.25) is 10.0 Å². The second-order valence-electron chi connectivity index (χ2n) is 6.79. The standard InChI is InChI=1S/C21H20Cl2N2O3S/c1-13-11-16(21(29-13)24-20(26)18-3-2-8-28-18)19(25-6-9-27-10-7-25)15-5-4-14(22)12-17(15)23/h2-5,8,11-12,19H,6-7,9-10H2,1H3,(H,24,26). The molecule has 8 heteroatoms. The van der Waals surface area contributed by atoms with Gasteiger partial charge >= 0.3 is 0 Å². The number of hydrogen-bond acceptors (Lipinski definition) is 5. The van der Waals surface area contributed by atoms with Gasteiger partial charge in [-0.15, -0.1) is 11.3 Å². The molecule has 1 aliphatic heterocycles. The van der Waals surface area contributed by atoms with Crippen LogP contribution in [0.3, 0.4) is 0 Å². The van der Waals surface area contributed by atoms with E-state index in [1.165, 1.54) is 17.6 Å². The number of amides is 1. The Morgan fingerprint density at radius 1 is 1.17 bits per heavy atom. The molecule has 4 rings (SSSR count). The second kappa shape index (κ2) is 8.90. The fourth-order valence-electron chi connectivity index (χ4n) is 3.53. The number of carbonyl (C=O) groups excluding carboxylic acids is 1. The van der Waals surface area contributed by atoms with Crippen LogP contribution in [-0.4, -0.2) is 37.1 Å². The van der Waals surface area contributed by atoms with E-state index in [1.54, 1.807) is 18.2 Å². The van der Waals surface area contributed by atoms with Crippen LogP contribution in [0.25, 0.3) is 0 Å². The Balaban J connectivity index is 1.75. The summed E-state index contributed by atoms with van der Waals surface area (Å²) in [5, 5.41) is 4.98. The molecular weight excluding hydrogens is 431 g/mol. The SMILES string of the molecule is Cc1cc(C(c2ccc(Cl)cc2Cl)N2CCOCC2)c(NC(=O)c2ccco2)s1. The Labute approximate surface area is 183 Å². The topological polar surface area (TPSA) is 54.7 Å². The first-order chi connectivity index (χ1) is 14.0. The minimum Gasteiger partial charge on any atom is -0.459 e. The Kier molecular flexibility index (Phi) is 6.27. The van der Waals surface area contributed by atoms with Crippen molar-refractivity contribution in [2.75, 3.05) is 31.6 Å². The molecule has 0 bridgehead atoms. The maximum Gasteiger partial charge on any atom is 0.291 e. The van der Waals surface area contributed by atoms with Gasteiger partial charge < -0.3 is 14.5 Å². The third-order valence-electron chi connectivity index (χ3n) is 4.82. The third-order valence-corrected chi connectivity index (χ3v) is 6.36. The molecule has 1 aromatic carbocycles. The van der Waals surface area contributed by atoms with E-state index in [4.69, 9.17) is 32.4 Å². The van der Waals surface area contributed by atoms with E-state index in [0.29, 0.717) is 23.3 Å². The van der Waals surface area contributed by atoms with Crippen molar-refractivity contribution in [3.05, 3.63) is 74.5 Å². The molecule has 1 saturated heterocycles. The van der Waals surface area contributed by atoms with Gasteiger partial charge in [-0.1, -0.05) is 29.3 Å². The summed E-state index contributed by atoms with van der Waals surface area (Å²) in [5.41, 5.74) is 1.95. The van der Waals surface area contributed by atoms with Crippen LogP contribution in [0.15, 0.2) is 47.1 Å². The first kappa shape index (κ1) is 20.4. The summed E-state index contributed by atoms with van der Waals surface area (Å²) in [4.78, 5) is 16.0. The summed E-state index contributed by atoms with van der Waals surface area (Å²) >= 11 is 14.3. The van der Waals surface area contributed by atoms with Gasteiger partial charge in [0.05, 0.1) is 25.5 Å². The first-order valence-electron chi connectivity index (χ1n) is 9.25. The monoisotopic (exact) mass is 450 g/mol. The number of aryl methyl sites for hydroxylation is 1. The molecule has 1 unspecified atom stereocenters. The van der Waals surface area contributed by atoms with Gasteiger partial charge in [0.25, 0.3) is 5.91 Å². The van der Waals surface area contributed by atoms with Crippen LogP contribution in [0.5, 0.6) is 0 Å². The number of rotatable bonds is 5. The van der Waals surface area contributed by atoms with Crippen molar-refractivity contribution in [2.24, 2.45) is 0 Å². The van der Waals surface area contributed by atoms with E-state index in [9.17, 15) is 4.79 Å². The van der Waals surface area contributed by atoms with Crippen molar-refractivity contribution in [1.29, 1.82) is 0 Å². The number of anilines is 1. The predicted molar refractivity (Wildman–Crippen MR) is 116 cm³/mol. The van der Waals surface area contributed by atoms with Crippen molar-refractivity contribution in [3.8, 4) is 0 Å². The maximum absolute atomic E-state index is 12.6. The molecule has 0 aliphatic carbocycles. The number of morpholine rings is 1. The second-order valence-corrected chi connectivity index (χ2v) is 8.89. The Morgan fingerprint density at radius 2 is 1.97 bits per heavy atom. The highest BCUT2D eigenvalue weighted by Gasteiger charge is 2.30. The van der Waals surface area contributed by atoms with Crippen molar-refractivity contribution in [2.45, 2.75) is 13.0 Å². The molecule has 2 aromatic heterocycles. The molecule has 29 heavy (non-hydrogen) atoms. The zero-order chi connectivity index (χ0) is 20.4. The number of carbonyl (C=O) groups is 1. The Hall–Kier alpha value is -1.83. The number of hydrogen-bond donors (Lipinski definition) is 1. The van der Waals surface area contributed by atoms with Crippen LogP contribution in [0.1, 0.15) is 32.6 Å². The fourth-order valence-corrected chi connectivity index (χ4v) is 4.98. The lowest BCUT2D eigenvalue weighted by atomic mass is 9.97. The lowest BCUT2D eigenvalue weighted by molar-refractivity contribution is 0.0241. The lowest BCUT2D eigenvalue weighted by Crippen LogP contribution is -2.39. The summed E-state index contributed by atoms with van der Waals surface area (Å²) in [6.45, 7) is 4.86. The fraction of sp³-hybridized carbons (Fsp3) is 0.286. The molecule has 0 radical (unpaired) electrons. The molecule has 1 aliphatic rings. The minimum absolute atomic E-state index is 0.125. The Bertz CT molecular complexity index is 998. The summed E-state index contributed by atoms with van der Waals surface area (Å²) in [5.74, 6) is -0.00418. The van der Waals surface area contributed by atoms with Gasteiger partial charge in [-0.25, -0.2) is 0 Å². The zero-order valence-corrected chi connectivity index (χ0v) is 18.1. The van der Waals surface area contributed by atoms with Gasteiger partial charge in [0.15, 0.2) is 5.76 Å². The molecule has 3 heterocycles. The molecule has 1 N–H and O–H groups in total.